The molecule has 0 N–H and O–H groups in total. The molecule has 0 spiro atoms. The van der Waals surface area contributed by atoms with Gasteiger partial charge in [0.15, 0.2) is 0 Å². The van der Waals surface area contributed by atoms with Gasteiger partial charge in [0, 0.05) is 29.8 Å². The molecule has 0 amide bonds. The van der Waals surface area contributed by atoms with Crippen LogP contribution in [0.3, 0.4) is 0 Å². The van der Waals surface area contributed by atoms with Crippen LogP contribution in [0.1, 0.15) is 0 Å². The number of anilines is 8. The Balaban J connectivity index is 1.07. The van der Waals surface area contributed by atoms with E-state index in [9.17, 15) is 0 Å². The van der Waals surface area contributed by atoms with Gasteiger partial charge >= 0.3 is 0 Å². The zero-order valence-corrected chi connectivity index (χ0v) is 28.8. The smallest absolute Gasteiger partial charge is 0.0700 e. The predicted molar refractivity (Wildman–Crippen MR) is 222 cm³/mol. The second kappa shape index (κ2) is 12.2. The van der Waals surface area contributed by atoms with Gasteiger partial charge in [0.1, 0.15) is 0 Å². The third kappa shape index (κ3) is 4.82. The zero-order valence-electron chi connectivity index (χ0n) is 28.8. The van der Waals surface area contributed by atoms with Crippen molar-refractivity contribution in [3.8, 4) is 11.1 Å². The number of para-hydroxylation sites is 4. The highest BCUT2D eigenvalue weighted by molar-refractivity contribution is 6.25. The summed E-state index contributed by atoms with van der Waals surface area (Å²) in [6.07, 6.45) is 0. The molecule has 246 valence electrons. The Hall–Kier alpha value is -6.84. The first-order valence-electron chi connectivity index (χ1n) is 17.8. The van der Waals surface area contributed by atoms with Crippen molar-refractivity contribution in [2.45, 2.75) is 0 Å². The van der Waals surface area contributed by atoms with Gasteiger partial charge in [-0.05, 0) is 116 Å². The van der Waals surface area contributed by atoms with E-state index in [1.165, 1.54) is 66.2 Å². The molecular weight excluding hydrogens is 631 g/mol. The molecule has 0 atom stereocenters. The third-order valence-corrected chi connectivity index (χ3v) is 10.5. The first-order valence-corrected chi connectivity index (χ1v) is 17.8. The highest BCUT2D eigenvalue weighted by atomic mass is 15.3. The summed E-state index contributed by atoms with van der Waals surface area (Å²) in [4.78, 5) is 7.04. The Morgan fingerprint density at radius 3 is 1.48 bits per heavy atom. The number of hydrogen-bond acceptors (Lipinski definition) is 3. The molecule has 0 unspecified atom stereocenters. The molecule has 0 aliphatic carbocycles. The van der Waals surface area contributed by atoms with E-state index in [1.807, 2.05) is 0 Å². The van der Waals surface area contributed by atoms with Gasteiger partial charge < -0.3 is 14.7 Å². The highest BCUT2D eigenvalue weighted by Gasteiger charge is 2.27. The lowest BCUT2D eigenvalue weighted by molar-refractivity contribution is 1.13. The van der Waals surface area contributed by atoms with Crippen molar-refractivity contribution in [2.75, 3.05) is 21.7 Å². The maximum absolute atomic E-state index is 2.37. The summed E-state index contributed by atoms with van der Waals surface area (Å²) in [5.41, 5.74) is 11.6. The van der Waals surface area contributed by atoms with Crippen molar-refractivity contribution in [1.29, 1.82) is 0 Å². The molecule has 3 heteroatoms. The number of benzene rings is 9. The van der Waals surface area contributed by atoms with Gasteiger partial charge in [0.05, 0.1) is 22.7 Å². The van der Waals surface area contributed by atoms with Crippen molar-refractivity contribution in [3.05, 3.63) is 194 Å². The van der Waals surface area contributed by atoms with Crippen LogP contribution < -0.4 is 14.7 Å². The summed E-state index contributed by atoms with van der Waals surface area (Å²) in [5.74, 6) is 0. The third-order valence-electron chi connectivity index (χ3n) is 10.5. The normalized spacial score (nSPS) is 12.2. The quantitative estimate of drug-likeness (QED) is 0.169. The van der Waals surface area contributed by atoms with Crippen molar-refractivity contribution < 1.29 is 0 Å². The molecule has 0 saturated carbocycles. The van der Waals surface area contributed by atoms with Crippen LogP contribution in [0.4, 0.5) is 45.5 Å². The van der Waals surface area contributed by atoms with Crippen molar-refractivity contribution in [1.82, 2.24) is 0 Å². The van der Waals surface area contributed by atoms with Gasteiger partial charge in [-0.3, -0.25) is 0 Å². The SMILES string of the molecule is CN1c2ccccc2N(c2ccccc2)c2ccc(-c3ccc(N(c4ccccc4)c4ccc5c6ccccc6c6ccccc6c5c4)cc3)cc21. The summed E-state index contributed by atoms with van der Waals surface area (Å²) in [6, 6.07) is 70.2. The Kier molecular flexibility index (Phi) is 7.04. The Bertz CT molecular complexity index is 2720. The van der Waals surface area contributed by atoms with Gasteiger partial charge in [-0.2, -0.15) is 0 Å². The van der Waals surface area contributed by atoms with Crippen molar-refractivity contribution >= 4 is 77.8 Å². The second-order valence-corrected chi connectivity index (χ2v) is 13.5. The lowest BCUT2D eigenvalue weighted by Crippen LogP contribution is -2.24. The molecule has 0 saturated heterocycles. The maximum Gasteiger partial charge on any atom is 0.0700 e. The van der Waals surface area contributed by atoms with Crippen LogP contribution in [0, 0.1) is 0 Å². The molecule has 9 aromatic rings. The number of hydrogen-bond donors (Lipinski definition) is 0. The fraction of sp³-hybridized carbons (Fsp3) is 0.0204. The molecule has 1 heterocycles. The van der Waals surface area contributed by atoms with Crippen LogP contribution in [0.2, 0.25) is 0 Å². The molecule has 3 nitrogen and oxygen atoms in total. The van der Waals surface area contributed by atoms with E-state index < -0.39 is 0 Å². The molecule has 10 rings (SSSR count). The lowest BCUT2D eigenvalue weighted by Gasteiger charge is -2.38. The Morgan fingerprint density at radius 1 is 0.327 bits per heavy atom. The van der Waals surface area contributed by atoms with Crippen molar-refractivity contribution in [2.24, 2.45) is 0 Å². The van der Waals surface area contributed by atoms with Gasteiger partial charge in [-0.1, -0.05) is 121 Å². The van der Waals surface area contributed by atoms with Crippen LogP contribution in [0.5, 0.6) is 0 Å². The molecular formula is C49H35N3. The Morgan fingerprint density at radius 2 is 0.808 bits per heavy atom. The molecule has 0 fully saturated rings. The van der Waals surface area contributed by atoms with Crippen LogP contribution in [0.15, 0.2) is 194 Å². The average molecular weight is 666 g/mol. The van der Waals surface area contributed by atoms with E-state index >= 15 is 0 Å². The Labute approximate surface area is 303 Å². The topological polar surface area (TPSA) is 9.72 Å². The van der Waals surface area contributed by atoms with Gasteiger partial charge in [-0.15, -0.1) is 0 Å². The summed E-state index contributed by atoms with van der Waals surface area (Å²) < 4.78 is 0. The van der Waals surface area contributed by atoms with Crippen LogP contribution in [-0.4, -0.2) is 7.05 Å². The summed E-state index contributed by atoms with van der Waals surface area (Å²) in [6.45, 7) is 0. The van der Waals surface area contributed by atoms with E-state index in [2.05, 4.69) is 216 Å². The van der Waals surface area contributed by atoms with E-state index in [1.54, 1.807) is 0 Å². The number of nitrogens with zero attached hydrogens (tertiary/aromatic N) is 3. The minimum absolute atomic E-state index is 1.11. The first-order chi connectivity index (χ1) is 25.7. The number of rotatable bonds is 5. The summed E-state index contributed by atoms with van der Waals surface area (Å²) >= 11 is 0. The van der Waals surface area contributed by atoms with E-state index in [-0.39, 0.29) is 0 Å². The minimum Gasteiger partial charge on any atom is -0.341 e. The molecule has 1 aliphatic rings. The first kappa shape index (κ1) is 30.0. The minimum atomic E-state index is 1.11. The van der Waals surface area contributed by atoms with E-state index in [4.69, 9.17) is 0 Å². The van der Waals surface area contributed by atoms with Crippen molar-refractivity contribution in [3.63, 3.8) is 0 Å². The zero-order chi connectivity index (χ0) is 34.6. The largest absolute Gasteiger partial charge is 0.341 e. The van der Waals surface area contributed by atoms with Gasteiger partial charge in [0.2, 0.25) is 0 Å². The van der Waals surface area contributed by atoms with E-state index in [0.717, 1.165) is 22.7 Å². The van der Waals surface area contributed by atoms with Gasteiger partial charge in [-0.25, -0.2) is 0 Å². The summed E-state index contributed by atoms with van der Waals surface area (Å²) in [7, 11) is 2.17. The monoisotopic (exact) mass is 665 g/mol. The highest BCUT2D eigenvalue weighted by Crippen LogP contribution is 2.51. The molecule has 52 heavy (non-hydrogen) atoms. The average Bonchev–Trinajstić information content (AvgIpc) is 3.22. The standard InChI is InChI=1S/C49H35N3/c1-50-46-22-12-13-23-47(46)52(37-16-6-3-7-17-37)48-31-26-35(32-49(48)50)34-24-27-38(28-25-34)51(36-14-4-2-5-15-36)39-29-30-44-42-20-9-8-18-40(42)41-19-10-11-21-43(41)45(44)33-39/h2-33H,1H3. The molecule has 1 aliphatic heterocycles. The van der Waals surface area contributed by atoms with Crippen LogP contribution in [0.25, 0.3) is 43.4 Å². The summed E-state index contributed by atoms with van der Waals surface area (Å²) in [5, 5.41) is 7.65. The predicted octanol–water partition coefficient (Wildman–Crippen LogP) is 13.8. The molecule has 0 aromatic heterocycles. The van der Waals surface area contributed by atoms with Crippen LogP contribution >= 0.6 is 0 Å². The number of fused-ring (bicyclic) bond motifs is 8. The fourth-order valence-electron chi connectivity index (χ4n) is 8.07. The molecule has 0 radical (unpaired) electrons. The fourth-order valence-corrected chi connectivity index (χ4v) is 8.07. The van der Waals surface area contributed by atoms with Crippen LogP contribution in [-0.2, 0) is 0 Å². The second-order valence-electron chi connectivity index (χ2n) is 13.5. The maximum atomic E-state index is 2.37. The molecule has 0 bridgehead atoms. The lowest BCUT2D eigenvalue weighted by atomic mass is 9.94. The van der Waals surface area contributed by atoms with E-state index in [0.29, 0.717) is 0 Å². The molecule has 9 aromatic carbocycles. The van der Waals surface area contributed by atoms with Gasteiger partial charge in [0.25, 0.3) is 0 Å².